The summed E-state index contributed by atoms with van der Waals surface area (Å²) in [5, 5.41) is 8.95. The molecule has 0 radical (unpaired) electrons. The monoisotopic (exact) mass is 361 g/mol. The molecule has 1 atom stereocenters. The van der Waals surface area contributed by atoms with Gasteiger partial charge >= 0.3 is 0 Å². The Labute approximate surface area is 151 Å². The minimum absolute atomic E-state index is 0.197. The maximum atomic E-state index is 11.8. The van der Waals surface area contributed by atoms with Crippen LogP contribution in [0, 0.1) is 0 Å². The first-order chi connectivity index (χ1) is 11.7. The van der Waals surface area contributed by atoms with Crippen LogP contribution >= 0.6 is 23.1 Å². The Morgan fingerprint density at radius 3 is 2.62 bits per heavy atom. The fraction of sp³-hybridized carbons (Fsp3) is 0.421. The summed E-state index contributed by atoms with van der Waals surface area (Å²) >= 11 is 3.64. The van der Waals surface area contributed by atoms with Gasteiger partial charge in [-0.15, -0.1) is 23.1 Å². The van der Waals surface area contributed by atoms with Crippen LogP contribution in [0.3, 0.4) is 0 Å². The number of hydrogen-bond acceptors (Lipinski definition) is 4. The second kappa shape index (κ2) is 7.72. The van der Waals surface area contributed by atoms with Crippen molar-refractivity contribution in [2.24, 2.45) is 0 Å². The number of nitrogens with one attached hydrogen (secondary N) is 1. The number of amides is 1. The predicted molar refractivity (Wildman–Crippen MR) is 102 cm³/mol. The van der Waals surface area contributed by atoms with Crippen LogP contribution in [0.4, 0.5) is 0 Å². The van der Waals surface area contributed by atoms with E-state index in [9.17, 15) is 4.79 Å². The van der Waals surface area contributed by atoms with Crippen molar-refractivity contribution in [1.29, 1.82) is 0 Å². The van der Waals surface area contributed by atoms with Crippen LogP contribution in [0.15, 0.2) is 36.4 Å². The Morgan fingerprint density at radius 2 is 2.00 bits per heavy atom. The zero-order chi connectivity index (χ0) is 17.0. The van der Waals surface area contributed by atoms with Crippen LogP contribution in [0.5, 0.6) is 0 Å². The maximum Gasteiger partial charge on any atom is 0.245 e. The zero-order valence-corrected chi connectivity index (χ0v) is 15.5. The van der Waals surface area contributed by atoms with Crippen molar-refractivity contribution in [2.45, 2.75) is 43.8 Å². The van der Waals surface area contributed by atoms with Crippen molar-refractivity contribution in [3.8, 4) is 10.4 Å². The predicted octanol–water partition coefficient (Wildman–Crippen LogP) is 4.99. The lowest BCUT2D eigenvalue weighted by atomic mass is 9.94. The normalized spacial score (nSPS) is 20.8. The molecule has 5 heteroatoms. The molecule has 1 saturated heterocycles. The van der Waals surface area contributed by atoms with E-state index in [-0.39, 0.29) is 10.7 Å². The Hall–Kier alpha value is -1.30. The molecule has 1 aliphatic rings. The first kappa shape index (κ1) is 17.5. The molecule has 1 aromatic carbocycles. The number of carbonyl (C=O) groups excluding carboxylic acids is 1. The third kappa shape index (κ3) is 3.68. The van der Waals surface area contributed by atoms with Crippen molar-refractivity contribution < 1.29 is 10.0 Å². The fourth-order valence-electron chi connectivity index (χ4n) is 3.21. The van der Waals surface area contributed by atoms with Gasteiger partial charge in [-0.3, -0.25) is 10.0 Å². The van der Waals surface area contributed by atoms with Gasteiger partial charge in [0.15, 0.2) is 0 Å². The van der Waals surface area contributed by atoms with Gasteiger partial charge in [-0.05, 0) is 48.3 Å². The summed E-state index contributed by atoms with van der Waals surface area (Å²) in [4.78, 5) is 14.3. The standard InChI is InChI=1S/C19H23NO2S2/c1-2-14-5-7-15(8-6-14)16-9-10-17(24-16)19(13-18(21)20-22)11-3-4-12-23-19/h5-10,22H,2-4,11-13H2,1H3,(H,20,21)/t19-/m0/s1. The summed E-state index contributed by atoms with van der Waals surface area (Å²) in [6.07, 6.45) is 4.70. The maximum absolute atomic E-state index is 11.8. The van der Waals surface area contributed by atoms with Gasteiger partial charge in [-0.1, -0.05) is 37.6 Å². The molecule has 2 N–H and O–H groups in total. The summed E-state index contributed by atoms with van der Waals surface area (Å²) in [7, 11) is 0. The highest BCUT2D eigenvalue weighted by atomic mass is 32.2. The van der Waals surface area contributed by atoms with Crippen LogP contribution in [0.25, 0.3) is 10.4 Å². The highest BCUT2D eigenvalue weighted by molar-refractivity contribution is 8.00. The van der Waals surface area contributed by atoms with E-state index in [4.69, 9.17) is 5.21 Å². The Morgan fingerprint density at radius 1 is 1.21 bits per heavy atom. The molecular weight excluding hydrogens is 338 g/mol. The van der Waals surface area contributed by atoms with E-state index >= 15 is 0 Å². The van der Waals surface area contributed by atoms with E-state index < -0.39 is 0 Å². The van der Waals surface area contributed by atoms with Crippen LogP contribution < -0.4 is 5.48 Å². The molecule has 0 saturated carbocycles. The number of thiophene rings is 1. The summed E-state index contributed by atoms with van der Waals surface area (Å²) in [5.41, 5.74) is 4.38. The van der Waals surface area contributed by atoms with Gasteiger partial charge in [0.2, 0.25) is 5.91 Å². The molecule has 3 rings (SSSR count). The zero-order valence-electron chi connectivity index (χ0n) is 13.9. The summed E-state index contributed by atoms with van der Waals surface area (Å²) in [6, 6.07) is 13.0. The van der Waals surface area contributed by atoms with E-state index in [2.05, 4.69) is 43.3 Å². The lowest BCUT2D eigenvalue weighted by Crippen LogP contribution is -2.32. The van der Waals surface area contributed by atoms with Gasteiger partial charge in [-0.25, -0.2) is 5.48 Å². The molecule has 1 fully saturated rings. The first-order valence-corrected chi connectivity index (χ1v) is 10.2. The van der Waals surface area contributed by atoms with E-state index in [0.717, 1.165) is 25.0 Å². The number of hydroxylamine groups is 1. The van der Waals surface area contributed by atoms with Crippen molar-refractivity contribution in [3.05, 3.63) is 46.8 Å². The molecular formula is C19H23NO2S2. The van der Waals surface area contributed by atoms with Gasteiger partial charge in [0.25, 0.3) is 0 Å². The molecule has 1 aliphatic heterocycles. The number of hydrogen-bond donors (Lipinski definition) is 2. The number of aryl methyl sites for hydroxylation is 1. The third-order valence-corrected chi connectivity index (χ3v) is 7.71. The molecule has 24 heavy (non-hydrogen) atoms. The Balaban J connectivity index is 1.89. The van der Waals surface area contributed by atoms with Crippen molar-refractivity contribution in [2.75, 3.05) is 5.75 Å². The summed E-state index contributed by atoms with van der Waals surface area (Å²) in [5.74, 6) is 0.767. The van der Waals surface area contributed by atoms with Gasteiger partial charge in [0.05, 0.1) is 4.75 Å². The number of carbonyl (C=O) groups is 1. The van der Waals surface area contributed by atoms with Crippen molar-refractivity contribution in [3.63, 3.8) is 0 Å². The van der Waals surface area contributed by atoms with Crippen molar-refractivity contribution in [1.82, 2.24) is 5.48 Å². The second-order valence-electron chi connectivity index (χ2n) is 6.23. The molecule has 0 unspecified atom stereocenters. The molecule has 1 aromatic heterocycles. The molecule has 0 bridgehead atoms. The molecule has 2 aromatic rings. The van der Waals surface area contributed by atoms with Gasteiger partial charge in [-0.2, -0.15) is 0 Å². The van der Waals surface area contributed by atoms with Gasteiger partial charge < -0.3 is 0 Å². The quantitative estimate of drug-likeness (QED) is 0.583. The van der Waals surface area contributed by atoms with E-state index in [1.165, 1.54) is 27.3 Å². The molecule has 3 nitrogen and oxygen atoms in total. The minimum Gasteiger partial charge on any atom is -0.289 e. The van der Waals surface area contributed by atoms with Crippen LogP contribution in [-0.2, 0) is 16.0 Å². The van der Waals surface area contributed by atoms with Crippen molar-refractivity contribution >= 4 is 29.0 Å². The first-order valence-electron chi connectivity index (χ1n) is 8.43. The molecule has 2 heterocycles. The topological polar surface area (TPSA) is 49.3 Å². The lowest BCUT2D eigenvalue weighted by molar-refractivity contribution is -0.129. The SMILES string of the molecule is CCc1ccc(-c2ccc([C@@]3(CC(=O)NO)CCCCS3)s2)cc1. The smallest absolute Gasteiger partial charge is 0.245 e. The fourth-order valence-corrected chi connectivity index (χ4v) is 6.11. The number of rotatable bonds is 5. The molecule has 0 aliphatic carbocycles. The average molecular weight is 362 g/mol. The minimum atomic E-state index is -0.299. The Bertz CT molecular complexity index is 688. The number of thioether (sulfide) groups is 1. The highest BCUT2D eigenvalue weighted by Gasteiger charge is 2.38. The summed E-state index contributed by atoms with van der Waals surface area (Å²) in [6.45, 7) is 2.16. The van der Waals surface area contributed by atoms with Gasteiger partial charge in [0.1, 0.15) is 0 Å². The molecule has 128 valence electrons. The summed E-state index contributed by atoms with van der Waals surface area (Å²) < 4.78 is -0.197. The lowest BCUT2D eigenvalue weighted by Gasteiger charge is -2.35. The van der Waals surface area contributed by atoms with E-state index in [0.29, 0.717) is 6.42 Å². The highest BCUT2D eigenvalue weighted by Crippen LogP contribution is 2.50. The Kier molecular flexibility index (Phi) is 5.64. The average Bonchev–Trinajstić information content (AvgIpc) is 3.13. The third-order valence-electron chi connectivity index (χ3n) is 4.63. The largest absolute Gasteiger partial charge is 0.289 e. The van der Waals surface area contributed by atoms with E-state index in [1.54, 1.807) is 11.3 Å². The molecule has 1 amide bonds. The van der Waals surface area contributed by atoms with E-state index in [1.807, 2.05) is 17.2 Å². The van der Waals surface area contributed by atoms with Crippen LogP contribution in [0.1, 0.15) is 43.0 Å². The molecule has 0 spiro atoms. The van der Waals surface area contributed by atoms with Crippen LogP contribution in [-0.4, -0.2) is 16.9 Å². The second-order valence-corrected chi connectivity index (χ2v) is 8.79. The van der Waals surface area contributed by atoms with Gasteiger partial charge in [0, 0.05) is 16.2 Å². The van der Waals surface area contributed by atoms with Crippen LogP contribution in [0.2, 0.25) is 0 Å². The number of benzene rings is 1.